The van der Waals surface area contributed by atoms with E-state index in [4.69, 9.17) is 0 Å². The molecule has 0 aromatic rings. The molecular formula is C10H21NO2S. The molecule has 0 unspecified atom stereocenters. The summed E-state index contributed by atoms with van der Waals surface area (Å²) in [6.07, 6.45) is 5.05. The fourth-order valence-electron chi connectivity index (χ4n) is 1.91. The van der Waals surface area contributed by atoms with Crippen LogP contribution in [0.5, 0.6) is 0 Å². The molecule has 0 amide bonds. The van der Waals surface area contributed by atoms with Crippen LogP contribution in [-0.2, 0) is 9.84 Å². The van der Waals surface area contributed by atoms with Gasteiger partial charge in [0.15, 0.2) is 0 Å². The third-order valence-corrected chi connectivity index (χ3v) is 3.99. The largest absolute Gasteiger partial charge is 0.302 e. The van der Waals surface area contributed by atoms with Gasteiger partial charge in [0.05, 0.1) is 5.75 Å². The number of sulfone groups is 1. The lowest BCUT2D eigenvalue weighted by molar-refractivity contribution is 0.190. The zero-order valence-electron chi connectivity index (χ0n) is 9.20. The standard InChI is InChI=1S/C10H21NO2S/c1-3-10-4-6-11(7-5-10)8-9-14(2,12)13/h10H,3-9H2,1-2H3. The molecule has 1 heterocycles. The average Bonchev–Trinajstić information content (AvgIpc) is 2.14. The molecule has 0 N–H and O–H groups in total. The molecule has 0 aliphatic carbocycles. The topological polar surface area (TPSA) is 37.4 Å². The molecule has 0 radical (unpaired) electrons. The van der Waals surface area contributed by atoms with Gasteiger partial charge < -0.3 is 4.90 Å². The van der Waals surface area contributed by atoms with Gasteiger partial charge in [0.25, 0.3) is 0 Å². The first-order valence-corrected chi connectivity index (χ1v) is 7.47. The minimum Gasteiger partial charge on any atom is -0.302 e. The highest BCUT2D eigenvalue weighted by atomic mass is 32.2. The maximum Gasteiger partial charge on any atom is 0.148 e. The number of piperidine rings is 1. The van der Waals surface area contributed by atoms with Gasteiger partial charge in [-0.15, -0.1) is 0 Å². The van der Waals surface area contributed by atoms with Crippen molar-refractivity contribution >= 4 is 9.84 Å². The van der Waals surface area contributed by atoms with E-state index in [1.54, 1.807) is 0 Å². The van der Waals surface area contributed by atoms with Crippen LogP contribution < -0.4 is 0 Å². The van der Waals surface area contributed by atoms with E-state index in [0.29, 0.717) is 5.75 Å². The van der Waals surface area contributed by atoms with Crippen LogP contribution >= 0.6 is 0 Å². The summed E-state index contributed by atoms with van der Waals surface area (Å²) in [4.78, 5) is 2.27. The Morgan fingerprint density at radius 3 is 2.29 bits per heavy atom. The van der Waals surface area contributed by atoms with Crippen LogP contribution in [0.2, 0.25) is 0 Å². The molecule has 14 heavy (non-hydrogen) atoms. The van der Waals surface area contributed by atoms with Crippen LogP contribution in [0, 0.1) is 5.92 Å². The molecule has 0 saturated carbocycles. The van der Waals surface area contributed by atoms with Crippen LogP contribution in [-0.4, -0.2) is 45.0 Å². The van der Waals surface area contributed by atoms with Gasteiger partial charge in [-0.25, -0.2) is 8.42 Å². The molecule has 0 bridgehead atoms. The molecule has 1 aliphatic rings. The maximum absolute atomic E-state index is 11.0. The summed E-state index contributed by atoms with van der Waals surface area (Å²) < 4.78 is 21.9. The van der Waals surface area contributed by atoms with Crippen LogP contribution in [0.3, 0.4) is 0 Å². The van der Waals surface area contributed by atoms with Crippen molar-refractivity contribution in [2.24, 2.45) is 5.92 Å². The third kappa shape index (κ3) is 4.42. The molecule has 0 atom stereocenters. The summed E-state index contributed by atoms with van der Waals surface area (Å²) in [6.45, 7) is 5.11. The van der Waals surface area contributed by atoms with Crippen molar-refractivity contribution in [2.45, 2.75) is 26.2 Å². The lowest BCUT2D eigenvalue weighted by Gasteiger charge is -2.31. The van der Waals surface area contributed by atoms with Gasteiger partial charge >= 0.3 is 0 Å². The zero-order chi connectivity index (χ0) is 10.6. The van der Waals surface area contributed by atoms with Gasteiger partial charge in [-0.1, -0.05) is 13.3 Å². The van der Waals surface area contributed by atoms with Crippen molar-refractivity contribution in [1.29, 1.82) is 0 Å². The SMILES string of the molecule is CCC1CCN(CCS(C)(=O)=O)CC1. The fourth-order valence-corrected chi connectivity index (χ4v) is 2.50. The predicted molar refractivity (Wildman–Crippen MR) is 59.2 cm³/mol. The smallest absolute Gasteiger partial charge is 0.148 e. The van der Waals surface area contributed by atoms with E-state index in [0.717, 1.165) is 25.6 Å². The Bertz CT molecular complexity index is 253. The Kier molecular flexibility index (Phi) is 4.38. The van der Waals surface area contributed by atoms with E-state index < -0.39 is 9.84 Å². The Labute approximate surface area is 87.4 Å². The van der Waals surface area contributed by atoms with E-state index in [-0.39, 0.29) is 0 Å². The fraction of sp³-hybridized carbons (Fsp3) is 1.00. The van der Waals surface area contributed by atoms with Gasteiger partial charge in [0, 0.05) is 12.8 Å². The first kappa shape index (κ1) is 12.0. The monoisotopic (exact) mass is 219 g/mol. The van der Waals surface area contributed by atoms with Gasteiger partial charge in [0.2, 0.25) is 0 Å². The quantitative estimate of drug-likeness (QED) is 0.712. The van der Waals surface area contributed by atoms with Crippen molar-refractivity contribution in [3.63, 3.8) is 0 Å². The van der Waals surface area contributed by atoms with Crippen molar-refractivity contribution < 1.29 is 8.42 Å². The van der Waals surface area contributed by atoms with Crippen LogP contribution in [0.1, 0.15) is 26.2 Å². The number of likely N-dealkylation sites (tertiary alicyclic amines) is 1. The second kappa shape index (κ2) is 5.12. The van der Waals surface area contributed by atoms with E-state index in [9.17, 15) is 8.42 Å². The summed E-state index contributed by atoms with van der Waals surface area (Å²) >= 11 is 0. The summed E-state index contributed by atoms with van der Waals surface area (Å²) in [5, 5.41) is 0. The highest BCUT2D eigenvalue weighted by Gasteiger charge is 2.18. The van der Waals surface area contributed by atoms with Crippen LogP contribution in [0.15, 0.2) is 0 Å². The minimum atomic E-state index is -2.78. The van der Waals surface area contributed by atoms with E-state index in [1.807, 2.05) is 0 Å². The Balaban J connectivity index is 2.23. The van der Waals surface area contributed by atoms with Gasteiger partial charge in [0.1, 0.15) is 9.84 Å². The molecule has 0 aromatic heterocycles. The zero-order valence-corrected chi connectivity index (χ0v) is 10.0. The predicted octanol–water partition coefficient (Wildman–Crippen LogP) is 1.15. The van der Waals surface area contributed by atoms with Crippen molar-refractivity contribution in [3.05, 3.63) is 0 Å². The molecule has 0 spiro atoms. The summed E-state index contributed by atoms with van der Waals surface area (Å²) in [5.74, 6) is 1.17. The molecule has 1 aliphatic heterocycles. The average molecular weight is 219 g/mol. The van der Waals surface area contributed by atoms with Crippen LogP contribution in [0.4, 0.5) is 0 Å². The van der Waals surface area contributed by atoms with E-state index >= 15 is 0 Å². The van der Waals surface area contributed by atoms with Crippen molar-refractivity contribution in [2.75, 3.05) is 31.6 Å². The number of hydrogen-bond donors (Lipinski definition) is 0. The minimum absolute atomic E-state index is 0.309. The molecule has 1 rings (SSSR count). The number of nitrogens with zero attached hydrogens (tertiary/aromatic N) is 1. The molecule has 1 fully saturated rings. The Hall–Kier alpha value is -0.0900. The van der Waals surface area contributed by atoms with Gasteiger partial charge in [-0.3, -0.25) is 0 Å². The molecule has 84 valence electrons. The normalized spacial score (nSPS) is 21.3. The number of hydrogen-bond acceptors (Lipinski definition) is 3. The second-order valence-electron chi connectivity index (χ2n) is 4.32. The van der Waals surface area contributed by atoms with Crippen LogP contribution in [0.25, 0.3) is 0 Å². The Morgan fingerprint density at radius 2 is 1.86 bits per heavy atom. The van der Waals surface area contributed by atoms with E-state index in [1.165, 1.54) is 25.5 Å². The highest BCUT2D eigenvalue weighted by Crippen LogP contribution is 2.19. The van der Waals surface area contributed by atoms with Crippen molar-refractivity contribution in [3.8, 4) is 0 Å². The summed E-state index contributed by atoms with van der Waals surface area (Å²) in [5.41, 5.74) is 0. The summed E-state index contributed by atoms with van der Waals surface area (Å²) in [6, 6.07) is 0. The van der Waals surface area contributed by atoms with Gasteiger partial charge in [-0.2, -0.15) is 0 Å². The van der Waals surface area contributed by atoms with Gasteiger partial charge in [-0.05, 0) is 31.8 Å². The number of rotatable bonds is 4. The Morgan fingerprint density at radius 1 is 1.29 bits per heavy atom. The summed E-state index contributed by atoms with van der Waals surface area (Å²) in [7, 11) is -2.78. The second-order valence-corrected chi connectivity index (χ2v) is 6.58. The molecule has 1 saturated heterocycles. The first-order chi connectivity index (χ1) is 6.51. The van der Waals surface area contributed by atoms with E-state index in [2.05, 4.69) is 11.8 Å². The molecular weight excluding hydrogens is 198 g/mol. The highest BCUT2D eigenvalue weighted by molar-refractivity contribution is 7.90. The first-order valence-electron chi connectivity index (χ1n) is 5.41. The maximum atomic E-state index is 11.0. The molecule has 0 aromatic carbocycles. The lowest BCUT2D eigenvalue weighted by atomic mass is 9.94. The van der Waals surface area contributed by atoms with Crippen molar-refractivity contribution in [1.82, 2.24) is 4.90 Å². The third-order valence-electron chi connectivity index (χ3n) is 3.06. The molecule has 3 nitrogen and oxygen atoms in total. The lowest BCUT2D eigenvalue weighted by Crippen LogP contribution is -2.36. The molecule has 4 heteroatoms.